The van der Waals surface area contributed by atoms with Crippen molar-refractivity contribution in [2.24, 2.45) is 0 Å². The molecule has 0 fully saturated rings. The van der Waals surface area contributed by atoms with E-state index in [0.29, 0.717) is 30.0 Å². The average molecular weight is 336 g/mol. The number of para-hydroxylation sites is 1. The Labute approximate surface area is 145 Å². The van der Waals surface area contributed by atoms with Crippen LogP contribution < -0.4 is 10.6 Å². The fraction of sp³-hybridized carbons (Fsp3) is 0.105. The molecule has 25 heavy (non-hydrogen) atoms. The number of amides is 1. The summed E-state index contributed by atoms with van der Waals surface area (Å²) < 4.78 is 13.5. The third kappa shape index (κ3) is 4.60. The Morgan fingerprint density at radius 2 is 1.72 bits per heavy atom. The Bertz CT molecular complexity index is 838. The van der Waals surface area contributed by atoms with Gasteiger partial charge in [-0.1, -0.05) is 36.4 Å². The van der Waals surface area contributed by atoms with Gasteiger partial charge in [0.1, 0.15) is 17.3 Å². The van der Waals surface area contributed by atoms with E-state index in [4.69, 9.17) is 0 Å². The van der Waals surface area contributed by atoms with Crippen LogP contribution in [0.15, 0.2) is 67.0 Å². The predicted molar refractivity (Wildman–Crippen MR) is 95.0 cm³/mol. The minimum absolute atomic E-state index is 0.219. The molecular weight excluding hydrogens is 319 g/mol. The molecule has 0 aliphatic rings. The number of benzene rings is 2. The maximum absolute atomic E-state index is 13.5. The van der Waals surface area contributed by atoms with E-state index in [0.717, 1.165) is 0 Å². The molecule has 0 saturated heterocycles. The van der Waals surface area contributed by atoms with E-state index in [-0.39, 0.29) is 17.4 Å². The third-order valence-corrected chi connectivity index (χ3v) is 3.57. The highest BCUT2D eigenvalue weighted by atomic mass is 19.1. The quantitative estimate of drug-likeness (QED) is 0.723. The third-order valence-electron chi connectivity index (χ3n) is 3.57. The molecule has 1 heterocycles. The van der Waals surface area contributed by atoms with Crippen LogP contribution in [-0.2, 0) is 6.42 Å². The molecule has 126 valence electrons. The lowest BCUT2D eigenvalue weighted by Gasteiger charge is -2.07. The number of carbonyl (C=O) groups is 1. The average Bonchev–Trinajstić information content (AvgIpc) is 2.65. The van der Waals surface area contributed by atoms with Crippen LogP contribution in [0.4, 0.5) is 15.9 Å². The Morgan fingerprint density at radius 3 is 2.44 bits per heavy atom. The van der Waals surface area contributed by atoms with Gasteiger partial charge in [-0.15, -0.1) is 0 Å². The highest BCUT2D eigenvalue weighted by Gasteiger charge is 2.08. The van der Waals surface area contributed by atoms with E-state index >= 15 is 0 Å². The minimum Gasteiger partial charge on any atom is -0.368 e. The lowest BCUT2D eigenvalue weighted by Crippen LogP contribution is -2.15. The van der Waals surface area contributed by atoms with Crippen molar-refractivity contribution >= 4 is 17.4 Å². The summed E-state index contributed by atoms with van der Waals surface area (Å²) in [6.07, 6.45) is 3.43. The Balaban J connectivity index is 1.53. The molecule has 0 spiro atoms. The lowest BCUT2D eigenvalue weighted by molar-refractivity contribution is 0.102. The van der Waals surface area contributed by atoms with Crippen LogP contribution in [0.25, 0.3) is 0 Å². The number of rotatable bonds is 6. The first-order valence-electron chi connectivity index (χ1n) is 7.88. The van der Waals surface area contributed by atoms with Crippen molar-refractivity contribution < 1.29 is 9.18 Å². The molecule has 3 aromatic rings. The van der Waals surface area contributed by atoms with Crippen molar-refractivity contribution in [2.45, 2.75) is 6.42 Å². The molecule has 2 aromatic carbocycles. The normalized spacial score (nSPS) is 10.3. The number of carbonyl (C=O) groups excluding carboxylic acids is 1. The molecule has 0 atom stereocenters. The summed E-state index contributed by atoms with van der Waals surface area (Å²) in [5.41, 5.74) is 1.56. The summed E-state index contributed by atoms with van der Waals surface area (Å²) in [5, 5.41) is 5.81. The van der Waals surface area contributed by atoms with Crippen LogP contribution in [0.1, 0.15) is 16.1 Å². The van der Waals surface area contributed by atoms with Crippen molar-refractivity contribution in [3.8, 4) is 0 Å². The van der Waals surface area contributed by atoms with Gasteiger partial charge in [0.15, 0.2) is 0 Å². The van der Waals surface area contributed by atoms with Gasteiger partial charge in [0.05, 0.1) is 12.4 Å². The first-order chi connectivity index (χ1) is 12.2. The molecule has 0 bridgehead atoms. The molecular formula is C19H17FN4O. The van der Waals surface area contributed by atoms with Gasteiger partial charge in [-0.05, 0) is 30.2 Å². The molecule has 0 saturated carbocycles. The van der Waals surface area contributed by atoms with Crippen LogP contribution in [0.5, 0.6) is 0 Å². The Kier molecular flexibility index (Phi) is 5.31. The van der Waals surface area contributed by atoms with E-state index in [1.807, 2.05) is 18.2 Å². The summed E-state index contributed by atoms with van der Waals surface area (Å²) in [4.78, 5) is 20.4. The zero-order chi connectivity index (χ0) is 17.5. The second-order valence-corrected chi connectivity index (χ2v) is 5.38. The van der Waals surface area contributed by atoms with E-state index < -0.39 is 0 Å². The van der Waals surface area contributed by atoms with Gasteiger partial charge in [0.25, 0.3) is 5.91 Å². The summed E-state index contributed by atoms with van der Waals surface area (Å²) in [7, 11) is 0. The van der Waals surface area contributed by atoms with Gasteiger partial charge < -0.3 is 10.6 Å². The van der Waals surface area contributed by atoms with Gasteiger partial charge >= 0.3 is 0 Å². The molecule has 0 aliphatic heterocycles. The van der Waals surface area contributed by atoms with Gasteiger partial charge in [-0.25, -0.2) is 14.4 Å². The van der Waals surface area contributed by atoms with Crippen molar-refractivity contribution in [3.05, 3.63) is 84.1 Å². The SMILES string of the molecule is O=C(Nc1ccccc1)c1cnc(NCCc2ccccc2F)cn1. The first kappa shape index (κ1) is 16.6. The van der Waals surface area contributed by atoms with Gasteiger partial charge in [0.2, 0.25) is 0 Å². The largest absolute Gasteiger partial charge is 0.368 e. The monoisotopic (exact) mass is 336 g/mol. The number of nitrogens with zero attached hydrogens (tertiary/aromatic N) is 2. The number of hydrogen-bond acceptors (Lipinski definition) is 4. The second-order valence-electron chi connectivity index (χ2n) is 5.38. The Hall–Kier alpha value is -3.28. The maximum atomic E-state index is 13.5. The summed E-state index contributed by atoms with van der Waals surface area (Å²) in [6, 6.07) is 15.8. The van der Waals surface area contributed by atoms with Crippen LogP contribution in [0.3, 0.4) is 0 Å². The molecule has 3 rings (SSSR count). The highest BCUT2D eigenvalue weighted by Crippen LogP contribution is 2.09. The molecule has 0 unspecified atom stereocenters. The summed E-state index contributed by atoms with van der Waals surface area (Å²) in [5.74, 6) is -0.00692. The van der Waals surface area contributed by atoms with Crippen LogP contribution in [0, 0.1) is 5.82 Å². The first-order valence-corrected chi connectivity index (χ1v) is 7.88. The van der Waals surface area contributed by atoms with E-state index in [1.165, 1.54) is 18.5 Å². The second kappa shape index (κ2) is 8.01. The molecule has 0 aliphatic carbocycles. The zero-order valence-corrected chi connectivity index (χ0v) is 13.4. The minimum atomic E-state index is -0.323. The molecule has 0 radical (unpaired) electrons. The topological polar surface area (TPSA) is 66.9 Å². The van der Waals surface area contributed by atoms with Gasteiger partial charge in [-0.2, -0.15) is 0 Å². The Morgan fingerprint density at radius 1 is 0.960 bits per heavy atom. The summed E-state index contributed by atoms with van der Waals surface area (Å²) in [6.45, 7) is 0.519. The fourth-order valence-electron chi connectivity index (χ4n) is 2.28. The number of halogens is 1. The summed E-state index contributed by atoms with van der Waals surface area (Å²) >= 11 is 0. The van der Waals surface area contributed by atoms with Crippen molar-refractivity contribution in [1.82, 2.24) is 9.97 Å². The molecule has 6 heteroatoms. The molecule has 5 nitrogen and oxygen atoms in total. The van der Waals surface area contributed by atoms with Crippen LogP contribution >= 0.6 is 0 Å². The van der Waals surface area contributed by atoms with E-state index in [9.17, 15) is 9.18 Å². The van der Waals surface area contributed by atoms with Gasteiger partial charge in [-0.3, -0.25) is 4.79 Å². The number of hydrogen-bond donors (Lipinski definition) is 2. The van der Waals surface area contributed by atoms with E-state index in [1.54, 1.807) is 30.3 Å². The standard InChI is InChI=1S/C19H17FN4O/c20-16-9-5-4-6-14(16)10-11-21-18-13-22-17(12-23-18)19(25)24-15-7-2-1-3-8-15/h1-9,12-13H,10-11H2,(H,21,23)(H,24,25). The smallest absolute Gasteiger partial charge is 0.275 e. The number of aromatic nitrogens is 2. The van der Waals surface area contributed by atoms with Crippen molar-refractivity contribution in [2.75, 3.05) is 17.2 Å². The molecule has 1 aromatic heterocycles. The fourth-order valence-corrected chi connectivity index (χ4v) is 2.28. The van der Waals surface area contributed by atoms with Crippen molar-refractivity contribution in [3.63, 3.8) is 0 Å². The van der Waals surface area contributed by atoms with Crippen LogP contribution in [0.2, 0.25) is 0 Å². The predicted octanol–water partition coefficient (Wildman–Crippen LogP) is 3.52. The van der Waals surface area contributed by atoms with Gasteiger partial charge in [0, 0.05) is 12.2 Å². The molecule has 1 amide bonds. The number of anilines is 2. The van der Waals surface area contributed by atoms with E-state index in [2.05, 4.69) is 20.6 Å². The lowest BCUT2D eigenvalue weighted by atomic mass is 10.1. The van der Waals surface area contributed by atoms with Crippen molar-refractivity contribution in [1.29, 1.82) is 0 Å². The highest BCUT2D eigenvalue weighted by molar-refractivity contribution is 6.02. The molecule has 2 N–H and O–H groups in total. The zero-order valence-electron chi connectivity index (χ0n) is 13.4. The number of nitrogens with one attached hydrogen (secondary N) is 2. The van der Waals surface area contributed by atoms with Crippen LogP contribution in [-0.4, -0.2) is 22.4 Å². The maximum Gasteiger partial charge on any atom is 0.275 e.